The van der Waals surface area contributed by atoms with E-state index >= 15 is 0 Å². The summed E-state index contributed by atoms with van der Waals surface area (Å²) in [5, 5.41) is 7.73. The van der Waals surface area contributed by atoms with Crippen LogP contribution < -0.4 is 5.32 Å². The molecule has 0 aliphatic carbocycles. The first-order valence-electron chi connectivity index (χ1n) is 9.87. The minimum Gasteiger partial charge on any atom is -0.363 e. The molecule has 152 valence electrons. The summed E-state index contributed by atoms with van der Waals surface area (Å²) < 4.78 is 15.4. The van der Waals surface area contributed by atoms with Gasteiger partial charge in [0.2, 0.25) is 0 Å². The van der Waals surface area contributed by atoms with E-state index in [0.29, 0.717) is 11.4 Å². The number of halogens is 1. The van der Waals surface area contributed by atoms with Gasteiger partial charge in [-0.15, -0.1) is 0 Å². The van der Waals surface area contributed by atoms with Gasteiger partial charge in [-0.2, -0.15) is 5.10 Å². The Labute approximate surface area is 175 Å². The average molecular weight is 401 g/mol. The van der Waals surface area contributed by atoms with Gasteiger partial charge >= 0.3 is 0 Å². The van der Waals surface area contributed by atoms with Crippen molar-refractivity contribution in [2.24, 2.45) is 7.05 Å². The third kappa shape index (κ3) is 4.22. The smallest absolute Gasteiger partial charge is 0.130 e. The summed E-state index contributed by atoms with van der Waals surface area (Å²) >= 11 is 0. The lowest BCUT2D eigenvalue weighted by Crippen LogP contribution is -2.09. The van der Waals surface area contributed by atoms with Gasteiger partial charge in [0.05, 0.1) is 11.9 Å². The Kier molecular flexibility index (Phi) is 5.31. The fraction of sp³-hybridized carbons (Fsp3) is 0.208. The zero-order chi connectivity index (χ0) is 21.3. The van der Waals surface area contributed by atoms with E-state index in [-0.39, 0.29) is 11.9 Å². The highest BCUT2D eigenvalue weighted by molar-refractivity contribution is 5.65. The third-order valence-corrected chi connectivity index (χ3v) is 5.08. The van der Waals surface area contributed by atoms with E-state index in [1.807, 2.05) is 44.6 Å². The molecule has 1 atom stereocenters. The number of anilines is 1. The molecule has 2 aromatic heterocycles. The largest absolute Gasteiger partial charge is 0.363 e. The number of hydrogen-bond donors (Lipinski definition) is 1. The van der Waals surface area contributed by atoms with E-state index < -0.39 is 0 Å². The number of hydrogen-bond acceptors (Lipinski definition) is 4. The number of rotatable bonds is 5. The Morgan fingerprint density at radius 3 is 2.53 bits per heavy atom. The van der Waals surface area contributed by atoms with Crippen LogP contribution in [0.3, 0.4) is 0 Å². The number of aryl methyl sites for hydroxylation is 3. The molecule has 0 radical (unpaired) electrons. The SMILES string of the molecule is Cc1nc(NC(C)c2cccc(-c3cnn(C)c3)c2)cc(-c2ccc(F)c(C)c2)n1. The summed E-state index contributed by atoms with van der Waals surface area (Å²) in [6.07, 6.45) is 3.86. The molecule has 0 aliphatic heterocycles. The van der Waals surface area contributed by atoms with Crippen LogP contribution in [0.15, 0.2) is 60.9 Å². The molecule has 0 saturated carbocycles. The summed E-state index contributed by atoms with van der Waals surface area (Å²) in [5.41, 5.74) is 5.58. The molecule has 4 rings (SSSR count). The van der Waals surface area contributed by atoms with Gasteiger partial charge in [-0.25, -0.2) is 14.4 Å². The maximum atomic E-state index is 13.6. The summed E-state index contributed by atoms with van der Waals surface area (Å²) in [6, 6.07) is 15.4. The standard InChI is InChI=1S/C24H24FN5/c1-15-10-20(8-9-22(15)25)23-12-24(29-17(3)28-23)27-16(2)18-6-5-7-19(11-18)21-13-26-30(4)14-21/h5-14,16H,1-4H3,(H,27,28,29). The molecule has 1 N–H and O–H groups in total. The van der Waals surface area contributed by atoms with Crippen molar-refractivity contribution in [2.75, 3.05) is 5.32 Å². The van der Waals surface area contributed by atoms with Gasteiger partial charge in [-0.3, -0.25) is 4.68 Å². The lowest BCUT2D eigenvalue weighted by molar-refractivity contribution is 0.619. The lowest BCUT2D eigenvalue weighted by Gasteiger charge is -2.17. The zero-order valence-corrected chi connectivity index (χ0v) is 17.5. The first kappa shape index (κ1) is 19.8. The Hall–Kier alpha value is -3.54. The Morgan fingerprint density at radius 2 is 1.80 bits per heavy atom. The second-order valence-corrected chi connectivity index (χ2v) is 7.54. The van der Waals surface area contributed by atoms with Crippen molar-refractivity contribution in [2.45, 2.75) is 26.8 Å². The lowest BCUT2D eigenvalue weighted by atomic mass is 10.0. The first-order valence-corrected chi connectivity index (χ1v) is 9.87. The molecule has 5 nitrogen and oxygen atoms in total. The van der Waals surface area contributed by atoms with Crippen molar-refractivity contribution in [1.82, 2.24) is 19.7 Å². The highest BCUT2D eigenvalue weighted by atomic mass is 19.1. The van der Waals surface area contributed by atoms with E-state index in [0.717, 1.165) is 33.8 Å². The Morgan fingerprint density at radius 1 is 0.967 bits per heavy atom. The molecule has 1 unspecified atom stereocenters. The van der Waals surface area contributed by atoms with Crippen LogP contribution in [0, 0.1) is 19.7 Å². The number of aromatic nitrogens is 4. The van der Waals surface area contributed by atoms with Crippen LogP contribution >= 0.6 is 0 Å². The minimum atomic E-state index is -0.218. The van der Waals surface area contributed by atoms with Crippen molar-refractivity contribution >= 4 is 5.82 Å². The van der Waals surface area contributed by atoms with E-state index in [4.69, 9.17) is 0 Å². The van der Waals surface area contributed by atoms with Crippen LogP contribution in [0.4, 0.5) is 10.2 Å². The van der Waals surface area contributed by atoms with Crippen molar-refractivity contribution in [3.63, 3.8) is 0 Å². The quantitative estimate of drug-likeness (QED) is 0.482. The van der Waals surface area contributed by atoms with Crippen LogP contribution in [0.2, 0.25) is 0 Å². The van der Waals surface area contributed by atoms with Gasteiger partial charge < -0.3 is 5.32 Å². The summed E-state index contributed by atoms with van der Waals surface area (Å²) in [7, 11) is 1.91. The van der Waals surface area contributed by atoms with Gasteiger partial charge in [0.1, 0.15) is 17.5 Å². The molecular weight excluding hydrogens is 377 g/mol. The molecule has 4 aromatic rings. The molecule has 0 aliphatic rings. The van der Waals surface area contributed by atoms with Gasteiger partial charge in [-0.1, -0.05) is 18.2 Å². The van der Waals surface area contributed by atoms with Gasteiger partial charge in [0.15, 0.2) is 0 Å². The monoisotopic (exact) mass is 401 g/mol. The van der Waals surface area contributed by atoms with E-state index in [1.54, 1.807) is 17.7 Å². The first-order chi connectivity index (χ1) is 14.4. The maximum absolute atomic E-state index is 13.6. The Bertz CT molecular complexity index is 1200. The molecule has 2 aromatic carbocycles. The predicted octanol–water partition coefficient (Wildman–Crippen LogP) is 5.47. The molecule has 0 bridgehead atoms. The van der Waals surface area contributed by atoms with Crippen molar-refractivity contribution in [3.05, 3.63) is 83.7 Å². The van der Waals surface area contributed by atoms with Gasteiger partial charge in [0, 0.05) is 36.5 Å². The Balaban J connectivity index is 1.60. The number of nitrogens with zero attached hydrogens (tertiary/aromatic N) is 4. The van der Waals surface area contributed by atoms with Gasteiger partial charge in [0.25, 0.3) is 0 Å². The third-order valence-electron chi connectivity index (χ3n) is 5.08. The minimum absolute atomic E-state index is 0.0405. The van der Waals surface area contributed by atoms with Crippen LogP contribution in [-0.2, 0) is 7.05 Å². The highest BCUT2D eigenvalue weighted by Gasteiger charge is 2.11. The predicted molar refractivity (Wildman–Crippen MR) is 118 cm³/mol. The normalized spacial score (nSPS) is 12.0. The topological polar surface area (TPSA) is 55.6 Å². The van der Waals surface area contributed by atoms with E-state index in [1.165, 1.54) is 6.07 Å². The number of nitrogens with one attached hydrogen (secondary N) is 1. The van der Waals surface area contributed by atoms with Crippen LogP contribution in [0.25, 0.3) is 22.4 Å². The fourth-order valence-corrected chi connectivity index (χ4v) is 3.46. The molecular formula is C24H24FN5. The fourth-order valence-electron chi connectivity index (χ4n) is 3.46. The molecule has 0 amide bonds. The molecule has 0 spiro atoms. The van der Waals surface area contributed by atoms with E-state index in [9.17, 15) is 4.39 Å². The zero-order valence-electron chi connectivity index (χ0n) is 17.5. The average Bonchev–Trinajstić information content (AvgIpc) is 3.16. The van der Waals surface area contributed by atoms with Crippen molar-refractivity contribution in [1.29, 1.82) is 0 Å². The maximum Gasteiger partial charge on any atom is 0.130 e. The molecule has 2 heterocycles. The molecule has 6 heteroatoms. The van der Waals surface area contributed by atoms with E-state index in [2.05, 4.69) is 45.5 Å². The second-order valence-electron chi connectivity index (χ2n) is 7.54. The summed E-state index contributed by atoms with van der Waals surface area (Å²) in [4.78, 5) is 9.07. The van der Waals surface area contributed by atoms with Gasteiger partial charge in [-0.05, 0) is 61.7 Å². The molecule has 0 saturated heterocycles. The van der Waals surface area contributed by atoms with Crippen molar-refractivity contribution < 1.29 is 4.39 Å². The van der Waals surface area contributed by atoms with Crippen LogP contribution in [-0.4, -0.2) is 19.7 Å². The molecule has 0 fully saturated rings. The van der Waals surface area contributed by atoms with Crippen LogP contribution in [0.5, 0.6) is 0 Å². The second kappa shape index (κ2) is 8.06. The van der Waals surface area contributed by atoms with Crippen LogP contribution in [0.1, 0.15) is 29.9 Å². The summed E-state index contributed by atoms with van der Waals surface area (Å²) in [6.45, 7) is 5.71. The molecule has 30 heavy (non-hydrogen) atoms. The number of benzene rings is 2. The summed E-state index contributed by atoms with van der Waals surface area (Å²) in [5.74, 6) is 1.18. The highest BCUT2D eigenvalue weighted by Crippen LogP contribution is 2.27. The van der Waals surface area contributed by atoms with Crippen molar-refractivity contribution in [3.8, 4) is 22.4 Å².